The number of hydrogen-bond donors (Lipinski definition) is 1. The van der Waals surface area contributed by atoms with Gasteiger partial charge in [-0.05, 0) is 24.1 Å². The minimum atomic E-state index is -1.01. The average molecular weight is 306 g/mol. The fourth-order valence-corrected chi connectivity index (χ4v) is 3.29. The Morgan fingerprint density at radius 2 is 2.33 bits per heavy atom. The predicted molar refractivity (Wildman–Crippen MR) is 83.3 cm³/mol. The van der Waals surface area contributed by atoms with Crippen molar-refractivity contribution in [3.63, 3.8) is 0 Å². The van der Waals surface area contributed by atoms with E-state index in [0.29, 0.717) is 16.5 Å². The number of carboxylic acid groups (broad SMARTS) is 1. The van der Waals surface area contributed by atoms with Gasteiger partial charge in [-0.1, -0.05) is 13.0 Å². The highest BCUT2D eigenvalue weighted by atomic mass is 32.2. The molecule has 1 amide bonds. The van der Waals surface area contributed by atoms with Gasteiger partial charge in [0.2, 0.25) is 0 Å². The van der Waals surface area contributed by atoms with Crippen LogP contribution in [0.5, 0.6) is 0 Å². The van der Waals surface area contributed by atoms with Crippen molar-refractivity contribution < 1.29 is 14.7 Å². The highest BCUT2D eigenvalue weighted by Gasteiger charge is 2.24. The number of amides is 1. The summed E-state index contributed by atoms with van der Waals surface area (Å²) in [5.41, 5.74) is 1.07. The Morgan fingerprint density at radius 3 is 2.95 bits per heavy atom. The lowest BCUT2D eigenvalue weighted by atomic mass is 10.2. The van der Waals surface area contributed by atoms with Gasteiger partial charge in [0.25, 0.3) is 5.91 Å². The van der Waals surface area contributed by atoms with Crippen LogP contribution >= 0.6 is 11.8 Å². The van der Waals surface area contributed by atoms with Crippen molar-refractivity contribution in [1.82, 2.24) is 9.88 Å². The van der Waals surface area contributed by atoms with Crippen molar-refractivity contribution in [2.24, 2.45) is 0 Å². The van der Waals surface area contributed by atoms with Gasteiger partial charge >= 0.3 is 5.97 Å². The minimum Gasteiger partial charge on any atom is -0.478 e. The third kappa shape index (κ3) is 4.32. The summed E-state index contributed by atoms with van der Waals surface area (Å²) in [4.78, 5) is 28.8. The summed E-state index contributed by atoms with van der Waals surface area (Å²) in [5.74, 6) is -0.0990. The molecule has 112 valence electrons. The number of carboxylic acids is 1. The molecule has 1 N–H and O–H groups in total. The molecule has 21 heavy (non-hydrogen) atoms. The van der Waals surface area contributed by atoms with Gasteiger partial charge in [-0.15, -0.1) is 0 Å². The molecule has 1 aromatic rings. The number of aromatic nitrogens is 1. The smallest absolute Gasteiger partial charge is 0.328 e. The fourth-order valence-electron chi connectivity index (χ4n) is 2.11. The van der Waals surface area contributed by atoms with Crippen LogP contribution in [-0.4, -0.2) is 51.0 Å². The normalized spacial score (nSPS) is 18.9. The molecule has 5 nitrogen and oxygen atoms in total. The Morgan fingerprint density at radius 1 is 1.52 bits per heavy atom. The number of aliphatic carboxylic acids is 1. The molecule has 2 heterocycles. The number of nitrogens with zero attached hydrogens (tertiary/aromatic N) is 2. The standard InChI is InChI=1S/C15H18N2O3S/c1-2-12-10-17(7-8-21-12)15(20)13-5-3-11(9-16-13)4-6-14(18)19/h3-6,9,12H,2,7-8,10H2,1H3,(H,18,19)/b6-4+. The lowest BCUT2D eigenvalue weighted by Gasteiger charge is -2.31. The Bertz CT molecular complexity index is 542. The van der Waals surface area contributed by atoms with Crippen molar-refractivity contribution >= 4 is 29.7 Å². The lowest BCUT2D eigenvalue weighted by molar-refractivity contribution is -0.131. The van der Waals surface area contributed by atoms with Crippen LogP contribution in [0, 0.1) is 0 Å². The number of thioether (sulfide) groups is 1. The van der Waals surface area contributed by atoms with E-state index in [-0.39, 0.29) is 5.91 Å². The maximum Gasteiger partial charge on any atom is 0.328 e. The molecule has 0 saturated carbocycles. The van der Waals surface area contributed by atoms with Crippen LogP contribution in [-0.2, 0) is 4.79 Å². The second kappa shape index (κ2) is 7.26. The molecular weight excluding hydrogens is 288 g/mol. The first-order chi connectivity index (χ1) is 10.1. The number of carbonyl (C=O) groups is 2. The third-order valence-electron chi connectivity index (χ3n) is 3.31. The van der Waals surface area contributed by atoms with Gasteiger partial charge < -0.3 is 10.0 Å². The van der Waals surface area contributed by atoms with Crippen LogP contribution in [0.3, 0.4) is 0 Å². The molecule has 1 unspecified atom stereocenters. The Hall–Kier alpha value is -1.82. The molecule has 1 fully saturated rings. The monoisotopic (exact) mass is 306 g/mol. The molecule has 1 aliphatic heterocycles. The van der Waals surface area contributed by atoms with Crippen molar-refractivity contribution in [2.45, 2.75) is 18.6 Å². The van der Waals surface area contributed by atoms with Crippen molar-refractivity contribution in [2.75, 3.05) is 18.8 Å². The summed E-state index contributed by atoms with van der Waals surface area (Å²) in [5, 5.41) is 9.07. The van der Waals surface area contributed by atoms with E-state index in [1.165, 1.54) is 12.3 Å². The van der Waals surface area contributed by atoms with Crippen LogP contribution in [0.1, 0.15) is 29.4 Å². The second-order valence-electron chi connectivity index (χ2n) is 4.80. The molecular formula is C15H18N2O3S. The largest absolute Gasteiger partial charge is 0.478 e. The van der Waals surface area contributed by atoms with Crippen molar-refractivity contribution in [3.8, 4) is 0 Å². The molecule has 0 radical (unpaired) electrons. The van der Waals surface area contributed by atoms with E-state index in [1.807, 2.05) is 16.7 Å². The molecule has 0 aliphatic carbocycles. The lowest BCUT2D eigenvalue weighted by Crippen LogP contribution is -2.42. The van der Waals surface area contributed by atoms with Crippen molar-refractivity contribution in [1.29, 1.82) is 0 Å². The van der Waals surface area contributed by atoms with Gasteiger partial charge in [-0.2, -0.15) is 11.8 Å². The van der Waals surface area contributed by atoms with Gasteiger partial charge in [-0.3, -0.25) is 9.78 Å². The van der Waals surface area contributed by atoms with E-state index in [1.54, 1.807) is 12.1 Å². The van der Waals surface area contributed by atoms with Gasteiger partial charge in [-0.25, -0.2) is 4.79 Å². The van der Waals surface area contributed by atoms with Crippen LogP contribution < -0.4 is 0 Å². The van der Waals surface area contributed by atoms with E-state index >= 15 is 0 Å². The quantitative estimate of drug-likeness (QED) is 0.863. The Labute approximate surface area is 128 Å². The summed E-state index contributed by atoms with van der Waals surface area (Å²) < 4.78 is 0. The van der Waals surface area contributed by atoms with E-state index < -0.39 is 5.97 Å². The Balaban J connectivity index is 2.04. The zero-order chi connectivity index (χ0) is 15.2. The molecule has 6 heteroatoms. The summed E-state index contributed by atoms with van der Waals surface area (Å²) in [6.45, 7) is 3.65. The van der Waals surface area contributed by atoms with Gasteiger partial charge in [0.15, 0.2) is 0 Å². The third-order valence-corrected chi connectivity index (χ3v) is 4.68. The SMILES string of the molecule is CCC1CN(C(=O)c2ccc(/C=C/C(=O)O)cn2)CCS1. The van der Waals surface area contributed by atoms with Crippen LogP contribution in [0.15, 0.2) is 24.4 Å². The molecule has 1 saturated heterocycles. The van der Waals surface area contributed by atoms with Crippen LogP contribution in [0.2, 0.25) is 0 Å². The van der Waals surface area contributed by atoms with Gasteiger partial charge in [0.05, 0.1) is 0 Å². The first-order valence-corrected chi connectivity index (χ1v) is 7.93. The average Bonchev–Trinajstić information content (AvgIpc) is 2.52. The summed E-state index contributed by atoms with van der Waals surface area (Å²) >= 11 is 1.91. The molecule has 1 aromatic heterocycles. The summed E-state index contributed by atoms with van der Waals surface area (Å²) in [7, 11) is 0. The predicted octanol–water partition coefficient (Wildman–Crippen LogP) is 2.15. The van der Waals surface area contributed by atoms with E-state index in [9.17, 15) is 9.59 Å². The zero-order valence-corrected chi connectivity index (χ0v) is 12.7. The highest BCUT2D eigenvalue weighted by Crippen LogP contribution is 2.22. The molecule has 0 aromatic carbocycles. The maximum absolute atomic E-state index is 12.4. The summed E-state index contributed by atoms with van der Waals surface area (Å²) in [6, 6.07) is 3.35. The maximum atomic E-state index is 12.4. The second-order valence-corrected chi connectivity index (χ2v) is 6.21. The fraction of sp³-hybridized carbons (Fsp3) is 0.400. The van der Waals surface area contributed by atoms with Gasteiger partial charge in [0, 0.05) is 36.4 Å². The van der Waals surface area contributed by atoms with Gasteiger partial charge in [0.1, 0.15) is 5.69 Å². The number of rotatable bonds is 4. The molecule has 0 spiro atoms. The van der Waals surface area contributed by atoms with E-state index in [0.717, 1.165) is 31.3 Å². The highest BCUT2D eigenvalue weighted by molar-refractivity contribution is 8.00. The van der Waals surface area contributed by atoms with E-state index in [4.69, 9.17) is 5.11 Å². The summed E-state index contributed by atoms with van der Waals surface area (Å²) in [6.07, 6.45) is 5.07. The number of carbonyl (C=O) groups excluding carboxylic acids is 1. The molecule has 0 bridgehead atoms. The van der Waals surface area contributed by atoms with Crippen molar-refractivity contribution in [3.05, 3.63) is 35.7 Å². The molecule has 1 aliphatic rings. The topological polar surface area (TPSA) is 70.5 Å². The molecule has 1 atom stereocenters. The first kappa shape index (κ1) is 15.6. The van der Waals surface area contributed by atoms with Crippen LogP contribution in [0.4, 0.5) is 0 Å². The minimum absolute atomic E-state index is 0.0532. The number of pyridine rings is 1. The molecule has 2 rings (SSSR count). The Kier molecular flexibility index (Phi) is 5.38. The van der Waals surface area contributed by atoms with Crippen LogP contribution in [0.25, 0.3) is 6.08 Å². The number of hydrogen-bond acceptors (Lipinski definition) is 4. The van der Waals surface area contributed by atoms with E-state index in [2.05, 4.69) is 11.9 Å². The zero-order valence-electron chi connectivity index (χ0n) is 11.9. The first-order valence-electron chi connectivity index (χ1n) is 6.88.